The summed E-state index contributed by atoms with van der Waals surface area (Å²) in [5, 5.41) is 3.57. The molecule has 3 aromatic rings. The number of hydrogen-bond donors (Lipinski definition) is 1. The summed E-state index contributed by atoms with van der Waals surface area (Å²) < 4.78 is 39.9. The SMILES string of the molecule is CN1CCN(c2ccc(Nc3cnc4c(n3)N(Cc3cc(C(F)(F)F)ccc3Cl)CCCC4)cn2)CC1. The number of aryl methyl sites for hydroxylation is 1. The van der Waals surface area contributed by atoms with Crippen LogP contribution in [-0.4, -0.2) is 59.6 Å². The summed E-state index contributed by atoms with van der Waals surface area (Å²) in [6.07, 6.45) is 1.61. The molecule has 2 aliphatic heterocycles. The van der Waals surface area contributed by atoms with Crippen LogP contribution in [0.25, 0.3) is 0 Å². The molecule has 1 saturated heterocycles. The number of anilines is 4. The van der Waals surface area contributed by atoms with E-state index in [2.05, 4.69) is 32.1 Å². The van der Waals surface area contributed by atoms with Crippen LogP contribution in [0.5, 0.6) is 0 Å². The van der Waals surface area contributed by atoms with E-state index in [9.17, 15) is 13.2 Å². The number of pyridine rings is 1. The lowest BCUT2D eigenvalue weighted by Gasteiger charge is -2.33. The van der Waals surface area contributed by atoms with Gasteiger partial charge in [0.1, 0.15) is 5.82 Å². The summed E-state index contributed by atoms with van der Waals surface area (Å²) in [5.74, 6) is 2.16. The standard InChI is InChI=1S/C26H29ClF3N7/c1-35-10-12-36(13-11-35)24-8-6-20(15-32-24)33-23-16-31-22-4-2-3-9-37(25(22)34-23)17-18-14-19(26(28,29)30)5-7-21(18)27/h5-8,14-16H,2-4,9-13,17H2,1H3,(H,33,34). The second-order valence-electron chi connectivity index (χ2n) is 9.53. The Bertz CT molecular complexity index is 1230. The third-order valence-electron chi connectivity index (χ3n) is 6.80. The van der Waals surface area contributed by atoms with Crippen LogP contribution in [0.4, 0.5) is 36.3 Å². The van der Waals surface area contributed by atoms with Gasteiger partial charge in [0.05, 0.1) is 29.3 Å². The number of alkyl halides is 3. The van der Waals surface area contributed by atoms with Crippen LogP contribution >= 0.6 is 11.6 Å². The molecule has 4 heterocycles. The van der Waals surface area contributed by atoms with E-state index in [0.717, 1.165) is 74.8 Å². The Morgan fingerprint density at radius 2 is 1.78 bits per heavy atom. The summed E-state index contributed by atoms with van der Waals surface area (Å²) in [6, 6.07) is 7.39. The van der Waals surface area contributed by atoms with E-state index in [-0.39, 0.29) is 6.54 Å². The van der Waals surface area contributed by atoms with Crippen LogP contribution in [0.1, 0.15) is 29.7 Å². The normalized spacial score (nSPS) is 16.9. The molecule has 0 amide bonds. The van der Waals surface area contributed by atoms with E-state index in [1.165, 1.54) is 6.07 Å². The number of hydrogen-bond acceptors (Lipinski definition) is 7. The predicted molar refractivity (Wildman–Crippen MR) is 140 cm³/mol. The van der Waals surface area contributed by atoms with Gasteiger partial charge in [-0.1, -0.05) is 11.6 Å². The van der Waals surface area contributed by atoms with Crippen molar-refractivity contribution >= 4 is 34.7 Å². The third kappa shape index (κ3) is 6.07. The van der Waals surface area contributed by atoms with Gasteiger partial charge in [-0.2, -0.15) is 13.2 Å². The Balaban J connectivity index is 1.35. The molecule has 0 saturated carbocycles. The number of nitrogens with zero attached hydrogens (tertiary/aromatic N) is 6. The summed E-state index contributed by atoms with van der Waals surface area (Å²) in [7, 11) is 2.12. The van der Waals surface area contributed by atoms with Crippen molar-refractivity contribution in [3.8, 4) is 0 Å². The Kier molecular flexibility index (Phi) is 7.39. The smallest absolute Gasteiger partial charge is 0.354 e. The number of piperazine rings is 1. The first kappa shape index (κ1) is 25.5. The summed E-state index contributed by atoms with van der Waals surface area (Å²) in [5.41, 5.74) is 1.31. The van der Waals surface area contributed by atoms with Crippen molar-refractivity contribution in [1.29, 1.82) is 0 Å². The number of rotatable bonds is 5. The highest BCUT2D eigenvalue weighted by Crippen LogP contribution is 2.34. The summed E-state index contributed by atoms with van der Waals surface area (Å²) in [4.78, 5) is 20.6. The van der Waals surface area contributed by atoms with Crippen molar-refractivity contribution in [2.75, 3.05) is 54.9 Å². The van der Waals surface area contributed by atoms with Crippen molar-refractivity contribution in [2.45, 2.75) is 32.0 Å². The zero-order chi connectivity index (χ0) is 26.0. The van der Waals surface area contributed by atoms with Gasteiger partial charge in [0, 0.05) is 44.3 Å². The number of aromatic nitrogens is 3. The minimum absolute atomic E-state index is 0.217. The summed E-state index contributed by atoms with van der Waals surface area (Å²) in [6.45, 7) is 4.77. The molecule has 0 atom stereocenters. The maximum atomic E-state index is 13.3. The van der Waals surface area contributed by atoms with Gasteiger partial charge in [0.15, 0.2) is 11.6 Å². The van der Waals surface area contributed by atoms with Crippen LogP contribution in [-0.2, 0) is 19.1 Å². The zero-order valence-corrected chi connectivity index (χ0v) is 21.4. The van der Waals surface area contributed by atoms with E-state index in [1.807, 2.05) is 17.0 Å². The zero-order valence-electron chi connectivity index (χ0n) is 20.6. The van der Waals surface area contributed by atoms with Gasteiger partial charge in [0.25, 0.3) is 0 Å². The van der Waals surface area contributed by atoms with Crippen LogP contribution in [0.3, 0.4) is 0 Å². The predicted octanol–water partition coefficient (Wildman–Crippen LogP) is 5.38. The van der Waals surface area contributed by atoms with Gasteiger partial charge >= 0.3 is 6.18 Å². The number of fused-ring (bicyclic) bond motifs is 1. The fraction of sp³-hybridized carbons (Fsp3) is 0.423. The monoisotopic (exact) mass is 531 g/mol. The Hall–Kier alpha value is -3.11. The first-order chi connectivity index (χ1) is 17.8. The van der Waals surface area contributed by atoms with E-state index in [4.69, 9.17) is 16.6 Å². The molecule has 0 radical (unpaired) electrons. The average molecular weight is 532 g/mol. The average Bonchev–Trinajstić information content (AvgIpc) is 3.07. The highest BCUT2D eigenvalue weighted by Gasteiger charge is 2.31. The number of nitrogens with one attached hydrogen (secondary N) is 1. The molecular formula is C26H29ClF3N7. The molecule has 0 aliphatic carbocycles. The Morgan fingerprint density at radius 3 is 2.51 bits per heavy atom. The van der Waals surface area contributed by atoms with Gasteiger partial charge in [-0.05, 0) is 62.2 Å². The van der Waals surface area contributed by atoms with Gasteiger partial charge in [-0.15, -0.1) is 0 Å². The van der Waals surface area contributed by atoms with E-state index in [1.54, 1.807) is 12.4 Å². The second-order valence-corrected chi connectivity index (χ2v) is 9.94. The maximum absolute atomic E-state index is 13.3. The van der Waals surface area contributed by atoms with E-state index >= 15 is 0 Å². The van der Waals surface area contributed by atoms with Crippen molar-refractivity contribution in [1.82, 2.24) is 19.9 Å². The molecule has 0 spiro atoms. The van der Waals surface area contributed by atoms with Crippen LogP contribution in [0.15, 0.2) is 42.7 Å². The van der Waals surface area contributed by atoms with Crippen LogP contribution in [0, 0.1) is 0 Å². The summed E-state index contributed by atoms with van der Waals surface area (Å²) >= 11 is 6.29. The molecule has 0 bridgehead atoms. The third-order valence-corrected chi connectivity index (χ3v) is 7.17. The molecule has 0 unspecified atom stereocenters. The van der Waals surface area contributed by atoms with Crippen molar-refractivity contribution in [3.63, 3.8) is 0 Å². The van der Waals surface area contributed by atoms with Crippen molar-refractivity contribution < 1.29 is 13.2 Å². The molecular weight excluding hydrogens is 503 g/mol. The molecule has 5 rings (SSSR count). The van der Waals surface area contributed by atoms with E-state index in [0.29, 0.717) is 28.8 Å². The lowest BCUT2D eigenvalue weighted by atomic mass is 10.1. The molecule has 2 aliphatic rings. The van der Waals surface area contributed by atoms with Gasteiger partial charge in [-0.25, -0.2) is 9.97 Å². The number of benzene rings is 1. The highest BCUT2D eigenvalue weighted by molar-refractivity contribution is 6.31. The molecule has 196 valence electrons. The first-order valence-electron chi connectivity index (χ1n) is 12.4. The second kappa shape index (κ2) is 10.7. The fourth-order valence-corrected chi connectivity index (χ4v) is 4.83. The number of halogens is 4. The van der Waals surface area contributed by atoms with Gasteiger partial charge in [-0.3, -0.25) is 4.98 Å². The molecule has 11 heteroatoms. The molecule has 7 nitrogen and oxygen atoms in total. The molecule has 1 fully saturated rings. The lowest BCUT2D eigenvalue weighted by molar-refractivity contribution is -0.137. The molecule has 2 aromatic heterocycles. The molecule has 37 heavy (non-hydrogen) atoms. The van der Waals surface area contributed by atoms with Crippen molar-refractivity contribution in [2.24, 2.45) is 0 Å². The number of likely N-dealkylation sites (N-methyl/N-ethyl adjacent to an activating group) is 1. The molecule has 1 N–H and O–H groups in total. The topological polar surface area (TPSA) is 60.4 Å². The van der Waals surface area contributed by atoms with Crippen molar-refractivity contribution in [3.05, 3.63) is 64.6 Å². The van der Waals surface area contributed by atoms with E-state index < -0.39 is 11.7 Å². The highest BCUT2D eigenvalue weighted by atomic mass is 35.5. The maximum Gasteiger partial charge on any atom is 0.416 e. The Labute approximate surface area is 219 Å². The molecule has 1 aromatic carbocycles. The lowest BCUT2D eigenvalue weighted by Crippen LogP contribution is -2.44. The quantitative estimate of drug-likeness (QED) is 0.474. The van der Waals surface area contributed by atoms with Crippen LogP contribution < -0.4 is 15.1 Å². The van der Waals surface area contributed by atoms with Gasteiger partial charge < -0.3 is 20.0 Å². The largest absolute Gasteiger partial charge is 0.416 e. The Morgan fingerprint density at radius 1 is 0.973 bits per heavy atom. The minimum atomic E-state index is -4.43. The minimum Gasteiger partial charge on any atom is -0.354 e. The fourth-order valence-electron chi connectivity index (χ4n) is 4.66. The van der Waals surface area contributed by atoms with Gasteiger partial charge in [0.2, 0.25) is 0 Å². The first-order valence-corrected chi connectivity index (χ1v) is 12.8. The van der Waals surface area contributed by atoms with Crippen LogP contribution in [0.2, 0.25) is 5.02 Å².